The third-order valence-electron chi connectivity index (χ3n) is 12.9. The SMILES string of the molecule is CC[C@H]1C2=Cc3c(C)c(C(=O)NCCOCCOCCO)c4n3[C@@]35n6c(c(C)c(C(C)=O)c6=CC(=[N+]23)[C@@H]1C)=CC1=[N+]5C(=C4CC(=O)OC)[C@@H](CCC(=O)O)[C@@H]1C. The molecular weight excluding hydrogens is 718 g/mol. The molecule has 3 N–H and O–H groups in total. The number of hydrogen-bond donors (Lipinski definition) is 3. The molecule has 8 rings (SSSR count). The lowest BCUT2D eigenvalue weighted by Crippen LogP contribution is -2.70. The molecule has 0 saturated carbocycles. The summed E-state index contributed by atoms with van der Waals surface area (Å²) >= 11 is 0. The summed E-state index contributed by atoms with van der Waals surface area (Å²) in [4.78, 5) is 54.1. The highest BCUT2D eigenvalue weighted by atomic mass is 16.5. The molecule has 14 nitrogen and oxygen atoms in total. The van der Waals surface area contributed by atoms with Gasteiger partial charge in [0, 0.05) is 36.8 Å². The number of ether oxygens (including phenoxy) is 3. The molecule has 8 heterocycles. The number of aliphatic hydroxyl groups excluding tert-OH is 1. The molecule has 6 aliphatic rings. The summed E-state index contributed by atoms with van der Waals surface area (Å²) in [6, 6.07) is 0. The van der Waals surface area contributed by atoms with Crippen molar-refractivity contribution >= 4 is 58.9 Å². The van der Waals surface area contributed by atoms with Crippen LogP contribution in [-0.4, -0.2) is 110 Å². The van der Waals surface area contributed by atoms with Gasteiger partial charge in [-0.15, -0.1) is 0 Å². The van der Waals surface area contributed by atoms with E-state index in [4.69, 9.17) is 19.3 Å². The van der Waals surface area contributed by atoms with Crippen LogP contribution in [0, 0.1) is 37.5 Å². The number of Topliss-reactive ketones (excluding diaryl/α,β-unsaturated/α-hetero) is 1. The first kappa shape index (κ1) is 38.0. The number of allylic oxidation sites excluding steroid dienone is 2. The molecule has 1 amide bonds. The van der Waals surface area contributed by atoms with Gasteiger partial charge in [-0.1, -0.05) is 29.9 Å². The Bertz CT molecular complexity index is 2390. The number of carbonyl (C=O) groups is 4. The highest BCUT2D eigenvalue weighted by molar-refractivity contribution is 6.14. The van der Waals surface area contributed by atoms with E-state index in [1.54, 1.807) is 6.92 Å². The van der Waals surface area contributed by atoms with Gasteiger partial charge in [0.05, 0.1) is 103 Å². The zero-order valence-electron chi connectivity index (χ0n) is 33.2. The van der Waals surface area contributed by atoms with Crippen LogP contribution in [0.5, 0.6) is 0 Å². The van der Waals surface area contributed by atoms with Crippen molar-refractivity contribution < 1.29 is 52.8 Å². The van der Waals surface area contributed by atoms with Crippen LogP contribution in [0.3, 0.4) is 0 Å². The maximum atomic E-state index is 14.7. The van der Waals surface area contributed by atoms with E-state index < -0.39 is 17.8 Å². The topological polar surface area (TPSA) is 164 Å². The molecule has 2 aromatic rings. The van der Waals surface area contributed by atoms with Crippen molar-refractivity contribution in [3.63, 3.8) is 0 Å². The fourth-order valence-corrected chi connectivity index (χ4v) is 10.6. The first-order chi connectivity index (χ1) is 26.9. The summed E-state index contributed by atoms with van der Waals surface area (Å²) in [7, 11) is 1.35. The molecule has 0 aliphatic carbocycles. The smallest absolute Gasteiger partial charge is 0.481 e. The molecule has 2 aromatic heterocycles. The third kappa shape index (κ3) is 5.04. The molecule has 0 unspecified atom stereocenters. The van der Waals surface area contributed by atoms with Crippen LogP contribution in [0.2, 0.25) is 0 Å². The standard InChI is InChI=1S/C42H49N5O9/c1-8-26-21(2)29-20-34-37(25(6)49)23(4)31-18-30-22(3)27(9-10-35(50)51)39-28(17-36(52)54-7)40-38(41(53)43-11-13-55-15-16-56-14-12-48)24(5)32-19-33(26)44(29)42(45(31)34,46(30)39)47(32)40/h18-22,26-27,48H,8-17H2,1-7H3/p+2/t21-,22+,26-,27+,42-/m1/s1. The summed E-state index contributed by atoms with van der Waals surface area (Å²) < 4.78 is 25.5. The van der Waals surface area contributed by atoms with Gasteiger partial charge in [-0.25, -0.2) is 0 Å². The van der Waals surface area contributed by atoms with Crippen LogP contribution < -0.4 is 16.0 Å². The molecule has 6 aliphatic heterocycles. The second-order valence-corrected chi connectivity index (χ2v) is 15.7. The number of nitrogens with zero attached hydrogens (tertiary/aromatic N) is 4. The van der Waals surface area contributed by atoms with E-state index in [1.807, 2.05) is 13.8 Å². The second-order valence-electron chi connectivity index (χ2n) is 15.7. The van der Waals surface area contributed by atoms with Crippen LogP contribution in [0.15, 0.2) is 11.4 Å². The van der Waals surface area contributed by atoms with E-state index in [9.17, 15) is 24.3 Å². The predicted molar refractivity (Wildman–Crippen MR) is 205 cm³/mol. The van der Waals surface area contributed by atoms with E-state index in [2.05, 4.69) is 62.6 Å². The Hall–Kier alpha value is -4.92. The average Bonchev–Trinajstić information content (AvgIpc) is 3.83. The van der Waals surface area contributed by atoms with Gasteiger partial charge in [0.2, 0.25) is 5.70 Å². The van der Waals surface area contributed by atoms with Crippen molar-refractivity contribution in [2.24, 2.45) is 23.7 Å². The van der Waals surface area contributed by atoms with Gasteiger partial charge in [0.15, 0.2) is 22.9 Å². The lowest BCUT2D eigenvalue weighted by atomic mass is 9.83. The molecule has 296 valence electrons. The maximum Gasteiger partial charge on any atom is 0.552 e. The van der Waals surface area contributed by atoms with Crippen molar-refractivity contribution in [3.8, 4) is 0 Å². The van der Waals surface area contributed by atoms with Gasteiger partial charge in [-0.05, 0) is 44.7 Å². The summed E-state index contributed by atoms with van der Waals surface area (Å²) in [5.74, 6) is -3.21. The van der Waals surface area contributed by atoms with Gasteiger partial charge in [0.1, 0.15) is 0 Å². The number of amides is 1. The Morgan fingerprint density at radius 3 is 2.23 bits per heavy atom. The van der Waals surface area contributed by atoms with Gasteiger partial charge in [-0.2, -0.15) is 9.13 Å². The number of methoxy groups -OCH3 is 1. The maximum absolute atomic E-state index is 14.7. The largest absolute Gasteiger partial charge is 0.552 e. The van der Waals surface area contributed by atoms with E-state index in [0.29, 0.717) is 42.0 Å². The van der Waals surface area contributed by atoms with Gasteiger partial charge in [0.25, 0.3) is 5.91 Å². The number of rotatable bonds is 16. The number of nitrogens with one attached hydrogen (secondary N) is 1. The predicted octanol–water partition coefficient (Wildman–Crippen LogP) is 1.92. The molecular formula is C42H51N5O9+2. The first-order valence-corrected chi connectivity index (χ1v) is 19.7. The van der Waals surface area contributed by atoms with Gasteiger partial charge < -0.3 is 29.7 Å². The van der Waals surface area contributed by atoms with E-state index in [1.165, 1.54) is 7.11 Å². The molecule has 0 saturated heterocycles. The third-order valence-corrected chi connectivity index (χ3v) is 12.9. The van der Waals surface area contributed by atoms with Crippen molar-refractivity contribution in [3.05, 3.63) is 55.7 Å². The number of ketones is 1. The van der Waals surface area contributed by atoms with Crippen LogP contribution in [0.1, 0.15) is 96.6 Å². The summed E-state index contributed by atoms with van der Waals surface area (Å²) in [5, 5.41) is 23.7. The Kier molecular flexibility index (Phi) is 9.44. The quantitative estimate of drug-likeness (QED) is 0.100. The monoisotopic (exact) mass is 769 g/mol. The van der Waals surface area contributed by atoms with Crippen LogP contribution >= 0.6 is 0 Å². The first-order valence-electron chi connectivity index (χ1n) is 19.7. The highest BCUT2D eigenvalue weighted by Gasteiger charge is 2.76. The minimum atomic E-state index is -1.19. The lowest BCUT2D eigenvalue weighted by molar-refractivity contribution is -0.838. The number of aliphatic carboxylic acids is 1. The Balaban J connectivity index is 1.44. The minimum absolute atomic E-state index is 0.0411. The molecule has 56 heavy (non-hydrogen) atoms. The average molecular weight is 770 g/mol. The van der Waals surface area contributed by atoms with E-state index in [-0.39, 0.29) is 74.6 Å². The van der Waals surface area contributed by atoms with E-state index in [0.717, 1.165) is 56.8 Å². The summed E-state index contributed by atoms with van der Waals surface area (Å²) in [5.41, 5.74) is 8.67. The summed E-state index contributed by atoms with van der Waals surface area (Å²) in [6.45, 7) is 13.3. The fraction of sp³-hybridized carbons (Fsp3) is 0.524. The number of carboxylic acids is 1. The Labute approximate surface area is 324 Å². The molecule has 0 radical (unpaired) electrons. The number of aliphatic hydroxyl groups is 1. The zero-order valence-corrected chi connectivity index (χ0v) is 33.2. The molecule has 1 spiro atoms. The number of carboxylic acid groups (broad SMARTS) is 1. The van der Waals surface area contributed by atoms with Crippen LogP contribution in [-0.2, 0) is 29.7 Å². The second kappa shape index (κ2) is 13.9. The van der Waals surface area contributed by atoms with Crippen LogP contribution in [0.25, 0.3) is 23.8 Å². The van der Waals surface area contributed by atoms with Crippen LogP contribution in [0.4, 0.5) is 0 Å². The summed E-state index contributed by atoms with van der Waals surface area (Å²) in [6.07, 6.45) is 7.47. The molecule has 0 fully saturated rings. The zero-order chi connectivity index (χ0) is 40.0. The minimum Gasteiger partial charge on any atom is -0.481 e. The molecule has 0 bridgehead atoms. The van der Waals surface area contributed by atoms with Gasteiger partial charge >= 0.3 is 17.8 Å². The van der Waals surface area contributed by atoms with Crippen molar-refractivity contribution in [1.29, 1.82) is 0 Å². The fourth-order valence-electron chi connectivity index (χ4n) is 10.6. The molecule has 5 atom stereocenters. The van der Waals surface area contributed by atoms with Crippen molar-refractivity contribution in [1.82, 2.24) is 14.5 Å². The highest BCUT2D eigenvalue weighted by Crippen LogP contribution is 2.56. The normalized spacial score (nSPS) is 24.5. The number of hydrogen-bond acceptors (Lipinski definition) is 8. The molecule has 14 heteroatoms. The van der Waals surface area contributed by atoms with Gasteiger partial charge in [-0.3, -0.25) is 19.2 Å². The van der Waals surface area contributed by atoms with E-state index >= 15 is 0 Å². The Morgan fingerprint density at radius 2 is 1.57 bits per heavy atom. The number of carbonyl (C=O) groups excluding carboxylic acids is 3. The van der Waals surface area contributed by atoms with Crippen molar-refractivity contribution in [2.75, 3.05) is 46.7 Å². The number of aromatic nitrogens is 2. The molecule has 0 aromatic carbocycles. The Morgan fingerprint density at radius 1 is 0.893 bits per heavy atom. The number of esters is 1. The van der Waals surface area contributed by atoms with Crippen molar-refractivity contribution in [2.45, 2.75) is 73.1 Å². The lowest BCUT2D eigenvalue weighted by Gasteiger charge is -2.39.